The zero-order valence-electron chi connectivity index (χ0n) is 6.27. The van der Waals surface area contributed by atoms with Gasteiger partial charge < -0.3 is 5.32 Å². The summed E-state index contributed by atoms with van der Waals surface area (Å²) in [6, 6.07) is 4.37. The molecule has 5 heteroatoms. The molecule has 0 unspecified atom stereocenters. The summed E-state index contributed by atoms with van der Waals surface area (Å²) < 4.78 is 12.6. The highest BCUT2D eigenvalue weighted by Crippen LogP contribution is 2.18. The molecule has 0 saturated heterocycles. The molecule has 0 amide bonds. The Hall–Kier alpha value is -0.840. The second kappa shape index (κ2) is 4.25. The van der Waals surface area contributed by atoms with E-state index in [0.717, 1.165) is 5.69 Å². The number of nitrogens with one attached hydrogen (secondary N) is 2. The van der Waals surface area contributed by atoms with Crippen LogP contribution in [0.25, 0.3) is 0 Å². The Labute approximate surface area is 74.7 Å². The average Bonchev–Trinajstić information content (AvgIpc) is 2.07. The first-order valence-corrected chi connectivity index (χ1v) is 3.74. The Morgan fingerprint density at radius 1 is 1.50 bits per heavy atom. The fraction of sp³-hybridized carbons (Fsp3) is 0.143. The fourth-order valence-corrected chi connectivity index (χ4v) is 0.940. The number of rotatable bonds is 3. The van der Waals surface area contributed by atoms with Gasteiger partial charge in [0.2, 0.25) is 0 Å². The van der Waals surface area contributed by atoms with Crippen molar-refractivity contribution in [2.24, 2.45) is 5.84 Å². The van der Waals surface area contributed by atoms with Gasteiger partial charge in [0.25, 0.3) is 0 Å². The first-order valence-electron chi connectivity index (χ1n) is 3.36. The van der Waals surface area contributed by atoms with Crippen molar-refractivity contribution in [1.82, 2.24) is 5.43 Å². The van der Waals surface area contributed by atoms with Gasteiger partial charge in [0.1, 0.15) is 5.82 Å². The Morgan fingerprint density at radius 2 is 2.25 bits per heavy atom. The first-order chi connectivity index (χ1) is 5.74. The molecule has 0 radical (unpaired) electrons. The topological polar surface area (TPSA) is 50.1 Å². The number of hydrazine groups is 1. The van der Waals surface area contributed by atoms with Crippen LogP contribution in [0.1, 0.15) is 0 Å². The van der Waals surface area contributed by atoms with Crippen LogP contribution < -0.4 is 16.6 Å². The van der Waals surface area contributed by atoms with Crippen molar-refractivity contribution in [2.75, 3.05) is 12.0 Å². The molecule has 0 aliphatic rings. The van der Waals surface area contributed by atoms with Crippen molar-refractivity contribution in [3.05, 3.63) is 29.0 Å². The van der Waals surface area contributed by atoms with Gasteiger partial charge in [-0.15, -0.1) is 0 Å². The van der Waals surface area contributed by atoms with Crippen molar-refractivity contribution in [3.63, 3.8) is 0 Å². The molecule has 0 heterocycles. The Kier molecular flexibility index (Phi) is 3.28. The lowest BCUT2D eigenvalue weighted by atomic mass is 10.3. The number of benzene rings is 1. The van der Waals surface area contributed by atoms with E-state index in [1.54, 1.807) is 6.07 Å². The van der Waals surface area contributed by atoms with Gasteiger partial charge in [-0.25, -0.2) is 9.82 Å². The van der Waals surface area contributed by atoms with Crippen molar-refractivity contribution < 1.29 is 4.39 Å². The molecule has 66 valence electrons. The van der Waals surface area contributed by atoms with E-state index in [1.807, 2.05) is 0 Å². The molecule has 4 N–H and O–H groups in total. The average molecular weight is 190 g/mol. The maximum atomic E-state index is 12.6. The van der Waals surface area contributed by atoms with Crippen LogP contribution in [0, 0.1) is 5.82 Å². The van der Waals surface area contributed by atoms with E-state index >= 15 is 0 Å². The lowest BCUT2D eigenvalue weighted by Crippen LogP contribution is -2.28. The maximum Gasteiger partial charge on any atom is 0.141 e. The minimum atomic E-state index is -0.428. The third kappa shape index (κ3) is 2.34. The monoisotopic (exact) mass is 189 g/mol. The van der Waals surface area contributed by atoms with Gasteiger partial charge >= 0.3 is 0 Å². The summed E-state index contributed by atoms with van der Waals surface area (Å²) in [7, 11) is 0. The quantitative estimate of drug-likeness (QED) is 0.382. The molecule has 0 fully saturated rings. The second-order valence-electron chi connectivity index (χ2n) is 2.19. The van der Waals surface area contributed by atoms with Crippen molar-refractivity contribution in [1.29, 1.82) is 0 Å². The summed E-state index contributed by atoms with van der Waals surface area (Å²) in [5.74, 6) is 4.60. The van der Waals surface area contributed by atoms with Crippen LogP contribution >= 0.6 is 11.6 Å². The van der Waals surface area contributed by atoms with Crippen LogP contribution in [0.4, 0.5) is 10.1 Å². The molecule has 0 aliphatic heterocycles. The summed E-state index contributed by atoms with van der Waals surface area (Å²) in [5, 5.41) is 2.97. The predicted molar refractivity (Wildman–Crippen MR) is 47.2 cm³/mol. The summed E-state index contributed by atoms with van der Waals surface area (Å²) in [6.07, 6.45) is 0. The van der Waals surface area contributed by atoms with E-state index < -0.39 is 5.82 Å². The van der Waals surface area contributed by atoms with Crippen LogP contribution in [0.2, 0.25) is 5.02 Å². The molecule has 0 aromatic heterocycles. The van der Waals surface area contributed by atoms with Gasteiger partial charge in [-0.2, -0.15) is 0 Å². The second-order valence-corrected chi connectivity index (χ2v) is 2.59. The Balaban J connectivity index is 2.69. The number of halogens is 2. The van der Waals surface area contributed by atoms with Crippen LogP contribution in [0.3, 0.4) is 0 Å². The van der Waals surface area contributed by atoms with E-state index in [4.69, 9.17) is 17.4 Å². The number of nitrogens with two attached hydrogens (primary N) is 1. The van der Waals surface area contributed by atoms with Gasteiger partial charge in [0, 0.05) is 5.69 Å². The van der Waals surface area contributed by atoms with Gasteiger partial charge in [0.15, 0.2) is 0 Å². The largest absolute Gasteiger partial charge is 0.371 e. The summed E-state index contributed by atoms with van der Waals surface area (Å²) in [4.78, 5) is 0. The standard InChI is InChI=1S/C7H9ClFN3/c8-6-3-5(11-4-12-10)1-2-7(6)9/h1-3,11-12H,4,10H2. The highest BCUT2D eigenvalue weighted by molar-refractivity contribution is 6.31. The zero-order valence-corrected chi connectivity index (χ0v) is 7.03. The lowest BCUT2D eigenvalue weighted by Gasteiger charge is -2.05. The van der Waals surface area contributed by atoms with Crippen molar-refractivity contribution >= 4 is 17.3 Å². The molecular weight excluding hydrogens is 181 g/mol. The van der Waals surface area contributed by atoms with Crippen LogP contribution in [0.15, 0.2) is 18.2 Å². The first kappa shape index (κ1) is 9.25. The van der Waals surface area contributed by atoms with Gasteiger partial charge in [-0.1, -0.05) is 11.6 Å². The van der Waals surface area contributed by atoms with E-state index in [1.165, 1.54) is 12.1 Å². The van der Waals surface area contributed by atoms with Gasteiger partial charge in [-0.05, 0) is 18.2 Å². The minimum absolute atomic E-state index is 0.0945. The normalized spacial score (nSPS) is 9.92. The number of anilines is 1. The van der Waals surface area contributed by atoms with Gasteiger partial charge in [-0.3, -0.25) is 5.84 Å². The molecule has 1 aromatic carbocycles. The molecule has 0 saturated carbocycles. The molecule has 1 rings (SSSR count). The minimum Gasteiger partial charge on any atom is -0.371 e. The molecule has 3 nitrogen and oxygen atoms in total. The maximum absolute atomic E-state index is 12.6. The van der Waals surface area contributed by atoms with E-state index in [0.29, 0.717) is 6.67 Å². The van der Waals surface area contributed by atoms with Crippen LogP contribution in [-0.2, 0) is 0 Å². The zero-order chi connectivity index (χ0) is 8.97. The van der Waals surface area contributed by atoms with Crippen molar-refractivity contribution in [3.8, 4) is 0 Å². The number of hydrogen-bond donors (Lipinski definition) is 3. The lowest BCUT2D eigenvalue weighted by molar-refractivity contribution is 0.628. The number of hydrogen-bond acceptors (Lipinski definition) is 3. The summed E-state index contributed by atoms with van der Waals surface area (Å²) in [5.41, 5.74) is 3.12. The molecule has 0 atom stereocenters. The molecule has 0 aliphatic carbocycles. The Morgan fingerprint density at radius 3 is 2.83 bits per heavy atom. The molecule has 0 spiro atoms. The molecular formula is C7H9ClFN3. The van der Waals surface area contributed by atoms with E-state index in [9.17, 15) is 4.39 Å². The molecule has 0 bridgehead atoms. The third-order valence-corrected chi connectivity index (χ3v) is 1.60. The van der Waals surface area contributed by atoms with Crippen LogP contribution in [-0.4, -0.2) is 6.67 Å². The summed E-state index contributed by atoms with van der Waals surface area (Å²) in [6.45, 7) is 0.405. The van der Waals surface area contributed by atoms with Gasteiger partial charge in [0.05, 0.1) is 11.7 Å². The predicted octanol–water partition coefficient (Wildman–Crippen LogP) is 1.31. The van der Waals surface area contributed by atoms with E-state index in [-0.39, 0.29) is 5.02 Å². The SMILES string of the molecule is NNCNc1ccc(F)c(Cl)c1. The smallest absolute Gasteiger partial charge is 0.141 e. The molecule has 1 aromatic rings. The van der Waals surface area contributed by atoms with Crippen molar-refractivity contribution in [2.45, 2.75) is 0 Å². The Bertz CT molecular complexity index is 267. The summed E-state index contributed by atoms with van der Waals surface area (Å²) >= 11 is 5.53. The van der Waals surface area contributed by atoms with E-state index in [2.05, 4.69) is 10.7 Å². The third-order valence-electron chi connectivity index (χ3n) is 1.31. The molecule has 12 heavy (non-hydrogen) atoms. The fourth-order valence-electron chi connectivity index (χ4n) is 0.759. The highest BCUT2D eigenvalue weighted by atomic mass is 35.5. The highest BCUT2D eigenvalue weighted by Gasteiger charge is 1.98. The van der Waals surface area contributed by atoms with Crippen LogP contribution in [0.5, 0.6) is 0 Å².